The highest BCUT2D eigenvalue weighted by molar-refractivity contribution is 6.00. The van der Waals surface area contributed by atoms with Gasteiger partial charge in [0.25, 0.3) is 11.8 Å². The van der Waals surface area contributed by atoms with Gasteiger partial charge in [-0.1, -0.05) is 12.1 Å². The Morgan fingerprint density at radius 1 is 1.05 bits per heavy atom. The average Bonchev–Trinajstić information content (AvgIpc) is 3.43. The minimum absolute atomic E-state index is 0.0638. The number of nitrogens with zero attached hydrogens (tertiary/aromatic N) is 5. The van der Waals surface area contributed by atoms with Crippen LogP contribution in [0, 0.1) is 17.0 Å². The van der Waals surface area contributed by atoms with Crippen LogP contribution in [0.5, 0.6) is 29.0 Å². The first-order valence-electron chi connectivity index (χ1n) is 14.1. The van der Waals surface area contributed by atoms with Crippen LogP contribution in [0.15, 0.2) is 47.5 Å². The first-order valence-corrected chi connectivity index (χ1v) is 14.1. The molecule has 3 heterocycles. The summed E-state index contributed by atoms with van der Waals surface area (Å²) in [5.74, 6) is -3.65. The van der Waals surface area contributed by atoms with Gasteiger partial charge in [-0.15, -0.1) is 0 Å². The fourth-order valence-electron chi connectivity index (χ4n) is 4.94. The second-order valence-electron chi connectivity index (χ2n) is 10.2. The van der Waals surface area contributed by atoms with Crippen molar-refractivity contribution in [2.45, 2.75) is 6.92 Å². The minimum atomic E-state index is -1.11. The molecule has 0 radical (unpaired) electrons. The second kappa shape index (κ2) is 13.1. The molecule has 3 aromatic rings. The summed E-state index contributed by atoms with van der Waals surface area (Å²) < 4.78 is 48.7. The summed E-state index contributed by atoms with van der Waals surface area (Å²) in [4.78, 5) is 25.8. The van der Waals surface area contributed by atoms with Crippen LogP contribution in [-0.4, -0.2) is 97.0 Å². The van der Waals surface area contributed by atoms with Crippen molar-refractivity contribution >= 4 is 23.3 Å². The van der Waals surface area contributed by atoms with E-state index in [1.807, 2.05) is 22.9 Å². The zero-order valence-electron chi connectivity index (χ0n) is 24.3. The number of carbonyl (C=O) groups is 1. The van der Waals surface area contributed by atoms with Crippen molar-refractivity contribution < 1.29 is 32.9 Å². The maximum absolute atomic E-state index is 16.1. The van der Waals surface area contributed by atoms with Gasteiger partial charge in [0.15, 0.2) is 11.5 Å². The maximum Gasteiger partial charge on any atom is 0.320 e. The third-order valence-corrected chi connectivity index (χ3v) is 7.18. The molecule has 1 aromatic heterocycles. The molecule has 12 nitrogen and oxygen atoms in total. The van der Waals surface area contributed by atoms with Crippen molar-refractivity contribution in [2.75, 3.05) is 64.4 Å². The number of halogens is 2. The molecule has 0 unspecified atom stereocenters. The minimum Gasteiger partial charge on any atom is -0.504 e. The Balaban J connectivity index is 1.49. The van der Waals surface area contributed by atoms with E-state index in [0.717, 1.165) is 17.9 Å². The number of rotatable bonds is 10. The number of hydrogen-bond acceptors (Lipinski definition) is 11. The van der Waals surface area contributed by atoms with E-state index < -0.39 is 29.1 Å². The monoisotopic (exact) mass is 609 g/mol. The molecular weight excluding hydrogens is 576 g/mol. The maximum atomic E-state index is 16.1. The van der Waals surface area contributed by atoms with Crippen LogP contribution < -0.4 is 20.1 Å². The molecule has 2 aromatic carbocycles. The first-order chi connectivity index (χ1) is 21.1. The molecular formula is C30H33F2N7O5. The Morgan fingerprint density at radius 3 is 2.43 bits per heavy atom. The molecule has 5 rings (SSSR count). The third kappa shape index (κ3) is 6.64. The first kappa shape index (κ1) is 30.5. The van der Waals surface area contributed by atoms with Gasteiger partial charge in [-0.05, 0) is 37.3 Å². The molecule has 1 saturated heterocycles. The predicted molar refractivity (Wildman–Crippen MR) is 159 cm³/mol. The summed E-state index contributed by atoms with van der Waals surface area (Å²) in [7, 11) is 1.92. The Morgan fingerprint density at radius 2 is 1.77 bits per heavy atom. The number of amidine groups is 2. The number of carbonyl (C=O) groups excluding carboxylic acids is 1. The van der Waals surface area contributed by atoms with Gasteiger partial charge in [0.2, 0.25) is 11.6 Å². The summed E-state index contributed by atoms with van der Waals surface area (Å²) in [5, 5.41) is 18.1. The van der Waals surface area contributed by atoms with Gasteiger partial charge in [0.05, 0.1) is 19.7 Å². The van der Waals surface area contributed by atoms with E-state index >= 15 is 8.78 Å². The van der Waals surface area contributed by atoms with Gasteiger partial charge in [-0.25, -0.2) is 0 Å². The van der Waals surface area contributed by atoms with Crippen molar-refractivity contribution in [3.63, 3.8) is 0 Å². The van der Waals surface area contributed by atoms with Crippen molar-refractivity contribution in [2.24, 2.45) is 10.7 Å². The lowest BCUT2D eigenvalue weighted by atomic mass is 10.2. The van der Waals surface area contributed by atoms with Crippen LogP contribution in [0.25, 0.3) is 0 Å². The average molecular weight is 610 g/mol. The van der Waals surface area contributed by atoms with Crippen LogP contribution in [0.3, 0.4) is 0 Å². The number of phenolic OH excluding ortho intramolecular Hbond substituents is 1. The van der Waals surface area contributed by atoms with Crippen molar-refractivity contribution in [1.29, 1.82) is 5.41 Å². The largest absolute Gasteiger partial charge is 0.504 e. The Labute approximate surface area is 252 Å². The zero-order chi connectivity index (χ0) is 31.4. The van der Waals surface area contributed by atoms with Gasteiger partial charge >= 0.3 is 5.97 Å². The molecule has 14 heteroatoms. The van der Waals surface area contributed by atoms with Crippen LogP contribution in [0.4, 0.5) is 14.5 Å². The van der Waals surface area contributed by atoms with Crippen molar-refractivity contribution in [1.82, 2.24) is 14.8 Å². The van der Waals surface area contributed by atoms with E-state index in [1.165, 1.54) is 23.1 Å². The lowest BCUT2D eigenvalue weighted by Gasteiger charge is -2.35. The smallest absolute Gasteiger partial charge is 0.320 e. The molecule has 0 aliphatic carbocycles. The molecule has 0 saturated carbocycles. The standard InChI is InChI=1S/C30H33F2N7O5/c1-3-42-23(41)17-38-11-13-39(14-12-38)26-24(31)29(43-20-6-4-5-19(15-20)28-35-9-10-37(28)2)36-30(25(26)32)44-22-16-18(27(33)34)7-8-21(22)40/h4-8,15-16,40H,3,9-14,17H2,1-2H3,(H3,33,34). The van der Waals surface area contributed by atoms with E-state index in [9.17, 15) is 9.90 Å². The molecule has 44 heavy (non-hydrogen) atoms. The molecule has 0 spiro atoms. The fraction of sp³-hybridized carbons (Fsp3) is 0.333. The molecule has 0 bridgehead atoms. The highest BCUT2D eigenvalue weighted by atomic mass is 19.1. The number of piperazine rings is 1. The van der Waals surface area contributed by atoms with Crippen molar-refractivity contribution in [3.05, 3.63) is 65.2 Å². The molecule has 0 amide bonds. The van der Waals surface area contributed by atoms with Crippen LogP contribution in [-0.2, 0) is 9.53 Å². The predicted octanol–water partition coefficient (Wildman–Crippen LogP) is 3.31. The highest BCUT2D eigenvalue weighted by Gasteiger charge is 2.31. The molecule has 2 aliphatic heterocycles. The number of esters is 1. The topological polar surface area (TPSA) is 150 Å². The second-order valence-corrected chi connectivity index (χ2v) is 10.2. The number of nitrogens with one attached hydrogen (secondary N) is 1. The Hall–Kier alpha value is -4.98. The fourth-order valence-corrected chi connectivity index (χ4v) is 4.94. The highest BCUT2D eigenvalue weighted by Crippen LogP contribution is 2.40. The van der Waals surface area contributed by atoms with Gasteiger partial charge < -0.3 is 34.9 Å². The lowest BCUT2D eigenvalue weighted by Crippen LogP contribution is -2.48. The summed E-state index contributed by atoms with van der Waals surface area (Å²) in [6, 6.07) is 10.8. The van der Waals surface area contributed by atoms with E-state index in [2.05, 4.69) is 9.98 Å². The summed E-state index contributed by atoms with van der Waals surface area (Å²) in [6.07, 6.45) is 0. The molecule has 1 fully saturated rings. The van der Waals surface area contributed by atoms with E-state index in [0.29, 0.717) is 19.6 Å². The SMILES string of the molecule is CCOC(=O)CN1CCN(c2c(F)c(Oc3cccc(C4=NCCN4C)c3)nc(Oc3cc(C(=N)N)ccc3O)c2F)CC1. The number of phenols is 1. The third-order valence-electron chi connectivity index (χ3n) is 7.18. The Kier molecular flexibility index (Phi) is 9.09. The number of benzene rings is 2. The van der Waals surface area contributed by atoms with Gasteiger partial charge in [-0.2, -0.15) is 13.8 Å². The number of aliphatic imine (C=N–C) groups is 1. The number of aromatic hydroxyl groups is 1. The number of hydrogen-bond donors (Lipinski definition) is 3. The summed E-state index contributed by atoms with van der Waals surface area (Å²) in [5.41, 5.74) is 6.11. The number of anilines is 1. The molecule has 4 N–H and O–H groups in total. The van der Waals surface area contributed by atoms with Crippen LogP contribution in [0.2, 0.25) is 0 Å². The van der Waals surface area contributed by atoms with E-state index in [4.69, 9.17) is 25.4 Å². The lowest BCUT2D eigenvalue weighted by molar-refractivity contribution is -0.144. The number of nitrogens with two attached hydrogens (primary N) is 1. The normalized spacial score (nSPS) is 15.2. The van der Waals surface area contributed by atoms with Gasteiger partial charge in [0.1, 0.15) is 23.1 Å². The van der Waals surface area contributed by atoms with Gasteiger partial charge in [-0.3, -0.25) is 20.1 Å². The molecule has 232 valence electrons. The van der Waals surface area contributed by atoms with Crippen LogP contribution >= 0.6 is 0 Å². The van der Waals surface area contributed by atoms with E-state index in [-0.39, 0.29) is 60.9 Å². The summed E-state index contributed by atoms with van der Waals surface area (Å²) >= 11 is 0. The number of ether oxygens (including phenoxy) is 3. The zero-order valence-corrected chi connectivity index (χ0v) is 24.3. The summed E-state index contributed by atoms with van der Waals surface area (Å²) in [6.45, 7) is 4.51. The quantitative estimate of drug-likeness (QED) is 0.178. The van der Waals surface area contributed by atoms with Gasteiger partial charge in [0, 0.05) is 50.9 Å². The number of aromatic nitrogens is 1. The van der Waals surface area contributed by atoms with E-state index in [1.54, 1.807) is 25.1 Å². The number of likely N-dealkylation sites (N-methyl/N-ethyl adjacent to an activating group) is 1. The molecule has 0 atom stereocenters. The number of pyridine rings is 1. The van der Waals surface area contributed by atoms with Crippen molar-refractivity contribution in [3.8, 4) is 29.0 Å². The van der Waals surface area contributed by atoms with Crippen LogP contribution in [0.1, 0.15) is 18.1 Å². The number of nitrogen functional groups attached to an aromatic ring is 1. The molecule has 2 aliphatic rings. The Bertz CT molecular complexity index is 1590.